The lowest BCUT2D eigenvalue weighted by atomic mass is 9.86. The minimum absolute atomic E-state index is 0.0809. The number of aryl methyl sites for hydroxylation is 1. The molecule has 1 aromatic heterocycles. The van der Waals surface area contributed by atoms with Gasteiger partial charge in [0.05, 0.1) is 0 Å². The Kier molecular flexibility index (Phi) is 3.93. The summed E-state index contributed by atoms with van der Waals surface area (Å²) in [7, 11) is 1.82. The molecule has 106 valence electrons. The number of benzene rings is 1. The number of para-hydroxylation sites is 1. The minimum Gasteiger partial charge on any atom is -0.357 e. The van der Waals surface area contributed by atoms with Crippen LogP contribution in [0, 0.1) is 6.92 Å². The zero-order valence-electron chi connectivity index (χ0n) is 12.8. The number of hydrogen-bond donors (Lipinski definition) is 2. The van der Waals surface area contributed by atoms with E-state index in [-0.39, 0.29) is 5.41 Å². The van der Waals surface area contributed by atoms with Crippen molar-refractivity contribution in [3.05, 3.63) is 41.6 Å². The summed E-state index contributed by atoms with van der Waals surface area (Å²) in [6.07, 6.45) is 0. The van der Waals surface area contributed by atoms with Crippen molar-refractivity contribution < 1.29 is 0 Å². The molecular weight excluding hydrogens is 248 g/mol. The molecule has 0 unspecified atom stereocenters. The minimum atomic E-state index is 0.0809. The van der Waals surface area contributed by atoms with Crippen LogP contribution in [0.2, 0.25) is 0 Å². The monoisotopic (exact) mass is 270 g/mol. The van der Waals surface area contributed by atoms with Gasteiger partial charge in [-0.25, -0.2) is 4.98 Å². The maximum absolute atomic E-state index is 4.44. The topological polar surface area (TPSA) is 49.8 Å². The van der Waals surface area contributed by atoms with Gasteiger partial charge in [-0.2, -0.15) is 4.98 Å². The molecule has 0 fully saturated rings. The molecule has 2 rings (SSSR count). The lowest BCUT2D eigenvalue weighted by molar-refractivity contribution is 0.592. The largest absolute Gasteiger partial charge is 0.357 e. The van der Waals surface area contributed by atoms with E-state index < -0.39 is 0 Å². The summed E-state index contributed by atoms with van der Waals surface area (Å²) in [5.41, 5.74) is 3.36. The Morgan fingerprint density at radius 1 is 1.05 bits per heavy atom. The summed E-state index contributed by atoms with van der Waals surface area (Å²) in [6.45, 7) is 8.58. The molecule has 0 aliphatic heterocycles. The van der Waals surface area contributed by atoms with Crippen LogP contribution in [-0.4, -0.2) is 17.0 Å². The second-order valence-corrected chi connectivity index (χ2v) is 5.89. The number of hydrogen-bond acceptors (Lipinski definition) is 4. The smallest absolute Gasteiger partial charge is 0.224 e. The average molecular weight is 270 g/mol. The molecular formula is C16H22N4. The van der Waals surface area contributed by atoms with Gasteiger partial charge in [-0.15, -0.1) is 0 Å². The molecule has 0 spiro atoms. The van der Waals surface area contributed by atoms with Crippen molar-refractivity contribution in [3.8, 4) is 0 Å². The van der Waals surface area contributed by atoms with Gasteiger partial charge in [0.25, 0.3) is 0 Å². The van der Waals surface area contributed by atoms with Crippen LogP contribution in [0.25, 0.3) is 0 Å². The van der Waals surface area contributed by atoms with Crippen LogP contribution in [-0.2, 0) is 5.41 Å². The van der Waals surface area contributed by atoms with Crippen LogP contribution in [0.3, 0.4) is 0 Å². The molecule has 0 saturated carbocycles. The Balaban J connectivity index is 2.38. The molecule has 0 amide bonds. The van der Waals surface area contributed by atoms with Gasteiger partial charge >= 0.3 is 0 Å². The standard InChI is InChI=1S/C16H22N4/c1-11-10-14(20-15(17-5)18-11)19-13-9-7-6-8-12(13)16(2,3)4/h6-10H,1-5H3,(H2,17,18,19,20). The van der Waals surface area contributed by atoms with Crippen molar-refractivity contribution in [2.24, 2.45) is 0 Å². The van der Waals surface area contributed by atoms with E-state index in [0.29, 0.717) is 5.95 Å². The van der Waals surface area contributed by atoms with E-state index in [1.165, 1.54) is 5.56 Å². The Hall–Kier alpha value is -2.10. The van der Waals surface area contributed by atoms with Gasteiger partial charge in [0.1, 0.15) is 5.82 Å². The van der Waals surface area contributed by atoms with E-state index in [4.69, 9.17) is 0 Å². The Morgan fingerprint density at radius 3 is 2.40 bits per heavy atom. The van der Waals surface area contributed by atoms with Crippen LogP contribution in [0.4, 0.5) is 17.5 Å². The highest BCUT2D eigenvalue weighted by Gasteiger charge is 2.17. The number of nitrogens with zero attached hydrogens (tertiary/aromatic N) is 2. The Labute approximate surface area is 120 Å². The van der Waals surface area contributed by atoms with Gasteiger partial charge in [-0.05, 0) is 24.0 Å². The third-order valence-electron chi connectivity index (χ3n) is 3.08. The number of anilines is 3. The quantitative estimate of drug-likeness (QED) is 0.889. The summed E-state index contributed by atoms with van der Waals surface area (Å²) < 4.78 is 0. The fraction of sp³-hybridized carbons (Fsp3) is 0.375. The van der Waals surface area contributed by atoms with E-state index in [9.17, 15) is 0 Å². The first-order chi connectivity index (χ1) is 9.40. The maximum atomic E-state index is 4.44. The third kappa shape index (κ3) is 3.26. The average Bonchev–Trinajstić information content (AvgIpc) is 2.37. The first-order valence-electron chi connectivity index (χ1n) is 6.80. The van der Waals surface area contributed by atoms with Gasteiger partial charge in [0.2, 0.25) is 5.95 Å². The van der Waals surface area contributed by atoms with Gasteiger partial charge in [-0.3, -0.25) is 0 Å². The van der Waals surface area contributed by atoms with Crippen molar-refractivity contribution in [2.75, 3.05) is 17.7 Å². The molecule has 4 nitrogen and oxygen atoms in total. The van der Waals surface area contributed by atoms with E-state index >= 15 is 0 Å². The van der Waals surface area contributed by atoms with Crippen LogP contribution in [0.1, 0.15) is 32.0 Å². The second kappa shape index (κ2) is 5.49. The Morgan fingerprint density at radius 2 is 1.75 bits per heavy atom. The van der Waals surface area contributed by atoms with E-state index in [1.807, 2.05) is 26.1 Å². The van der Waals surface area contributed by atoms with E-state index in [1.54, 1.807) is 0 Å². The fourth-order valence-electron chi connectivity index (χ4n) is 2.13. The SMILES string of the molecule is CNc1nc(C)cc(Nc2ccccc2C(C)(C)C)n1. The highest BCUT2D eigenvalue weighted by Crippen LogP contribution is 2.31. The molecule has 0 saturated heterocycles. The predicted octanol–water partition coefficient (Wildman–Crippen LogP) is 3.87. The first kappa shape index (κ1) is 14.3. The van der Waals surface area contributed by atoms with Crippen molar-refractivity contribution >= 4 is 17.5 Å². The van der Waals surface area contributed by atoms with Crippen molar-refractivity contribution in [1.29, 1.82) is 0 Å². The van der Waals surface area contributed by atoms with Gasteiger partial charge in [0.15, 0.2) is 0 Å². The Bertz CT molecular complexity index is 600. The van der Waals surface area contributed by atoms with Crippen LogP contribution in [0.5, 0.6) is 0 Å². The number of aromatic nitrogens is 2. The molecule has 0 radical (unpaired) electrons. The molecule has 1 heterocycles. The molecule has 0 atom stereocenters. The fourth-order valence-corrected chi connectivity index (χ4v) is 2.13. The van der Waals surface area contributed by atoms with Gasteiger partial charge in [0, 0.05) is 24.5 Å². The molecule has 0 aliphatic rings. The summed E-state index contributed by atoms with van der Waals surface area (Å²) in [5, 5.41) is 6.38. The summed E-state index contributed by atoms with van der Waals surface area (Å²) in [6, 6.07) is 10.3. The highest BCUT2D eigenvalue weighted by atomic mass is 15.1. The maximum Gasteiger partial charge on any atom is 0.224 e. The third-order valence-corrected chi connectivity index (χ3v) is 3.08. The molecule has 2 N–H and O–H groups in total. The first-order valence-corrected chi connectivity index (χ1v) is 6.80. The van der Waals surface area contributed by atoms with Crippen LogP contribution in [0.15, 0.2) is 30.3 Å². The lowest BCUT2D eigenvalue weighted by Crippen LogP contribution is -2.14. The second-order valence-electron chi connectivity index (χ2n) is 5.89. The van der Waals surface area contributed by atoms with E-state index in [2.05, 4.69) is 59.6 Å². The zero-order chi connectivity index (χ0) is 14.8. The van der Waals surface area contributed by atoms with Crippen molar-refractivity contribution in [3.63, 3.8) is 0 Å². The number of nitrogens with one attached hydrogen (secondary N) is 2. The van der Waals surface area contributed by atoms with Crippen LogP contribution >= 0.6 is 0 Å². The van der Waals surface area contributed by atoms with Crippen LogP contribution < -0.4 is 10.6 Å². The zero-order valence-corrected chi connectivity index (χ0v) is 12.8. The van der Waals surface area contributed by atoms with Crippen molar-refractivity contribution in [1.82, 2.24) is 9.97 Å². The highest BCUT2D eigenvalue weighted by molar-refractivity contribution is 5.63. The normalized spacial score (nSPS) is 11.2. The summed E-state index contributed by atoms with van der Waals surface area (Å²) in [5.74, 6) is 1.43. The van der Waals surface area contributed by atoms with Gasteiger partial charge < -0.3 is 10.6 Å². The molecule has 20 heavy (non-hydrogen) atoms. The van der Waals surface area contributed by atoms with Gasteiger partial charge in [-0.1, -0.05) is 39.0 Å². The predicted molar refractivity (Wildman–Crippen MR) is 84.7 cm³/mol. The molecule has 1 aromatic carbocycles. The molecule has 0 bridgehead atoms. The summed E-state index contributed by atoms with van der Waals surface area (Å²) >= 11 is 0. The summed E-state index contributed by atoms with van der Waals surface area (Å²) in [4.78, 5) is 8.74. The number of rotatable bonds is 3. The van der Waals surface area contributed by atoms with E-state index in [0.717, 1.165) is 17.2 Å². The molecule has 4 heteroatoms. The molecule has 2 aromatic rings. The van der Waals surface area contributed by atoms with Crippen molar-refractivity contribution in [2.45, 2.75) is 33.1 Å². The lowest BCUT2D eigenvalue weighted by Gasteiger charge is -2.23. The molecule has 0 aliphatic carbocycles.